The van der Waals surface area contributed by atoms with Crippen LogP contribution in [0.1, 0.15) is 122 Å². The monoisotopic (exact) mass is 542 g/mol. The number of allylic oxidation sites excluding steroid dienone is 2. The quantitative estimate of drug-likeness (QED) is 0.304. The zero-order chi connectivity index (χ0) is 27.2. The molecular formula is C35H52F2O2. The molecule has 0 amide bonds. The molecule has 1 saturated heterocycles. The summed E-state index contributed by atoms with van der Waals surface area (Å²) < 4.78 is 41.3. The van der Waals surface area contributed by atoms with Gasteiger partial charge in [0.05, 0.1) is 19.3 Å². The summed E-state index contributed by atoms with van der Waals surface area (Å²) in [4.78, 5) is 0. The summed E-state index contributed by atoms with van der Waals surface area (Å²) in [5.41, 5.74) is 0.538. The number of benzene rings is 1. The third kappa shape index (κ3) is 7.08. The summed E-state index contributed by atoms with van der Waals surface area (Å²) >= 11 is 0. The average Bonchev–Trinajstić information content (AvgIpc) is 2.99. The van der Waals surface area contributed by atoms with Crippen molar-refractivity contribution < 1.29 is 18.3 Å². The van der Waals surface area contributed by atoms with Crippen LogP contribution in [0, 0.1) is 47.1 Å². The van der Waals surface area contributed by atoms with E-state index in [-0.39, 0.29) is 11.7 Å². The van der Waals surface area contributed by atoms with E-state index in [1.54, 1.807) is 12.1 Å². The first kappa shape index (κ1) is 29.1. The first-order chi connectivity index (χ1) is 19.1. The summed E-state index contributed by atoms with van der Waals surface area (Å²) in [5, 5.41) is 0. The van der Waals surface area contributed by atoms with Crippen LogP contribution in [0.15, 0.2) is 24.3 Å². The van der Waals surface area contributed by atoms with Crippen molar-refractivity contribution >= 4 is 0 Å². The molecule has 5 rings (SSSR count). The molecular weight excluding hydrogens is 490 g/mol. The molecule has 4 heteroatoms. The SMILES string of the molecule is C/C=C/C1CCC(C2CCC(C3CCC(C4CCC(c5ccc(OCCC)c(F)c5F)CC4)CO3)CC2)CC1. The first-order valence-electron chi connectivity index (χ1n) is 16.4. The van der Waals surface area contributed by atoms with Gasteiger partial charge in [-0.1, -0.05) is 25.1 Å². The maximum absolute atomic E-state index is 14.8. The maximum Gasteiger partial charge on any atom is 0.200 e. The molecule has 3 saturated carbocycles. The van der Waals surface area contributed by atoms with Gasteiger partial charge in [0.1, 0.15) is 0 Å². The van der Waals surface area contributed by atoms with Crippen LogP contribution in [-0.4, -0.2) is 19.3 Å². The zero-order valence-electron chi connectivity index (χ0n) is 24.5. The lowest BCUT2D eigenvalue weighted by molar-refractivity contribution is -0.0749. The number of hydrogen-bond acceptors (Lipinski definition) is 2. The molecule has 39 heavy (non-hydrogen) atoms. The Bertz CT molecular complexity index is 913. The molecule has 4 fully saturated rings. The highest BCUT2D eigenvalue weighted by Crippen LogP contribution is 2.46. The van der Waals surface area contributed by atoms with Crippen molar-refractivity contribution in [2.75, 3.05) is 13.2 Å². The van der Waals surface area contributed by atoms with E-state index in [0.717, 1.165) is 62.4 Å². The zero-order valence-corrected chi connectivity index (χ0v) is 24.5. The Morgan fingerprint density at radius 2 is 1.33 bits per heavy atom. The fourth-order valence-corrected chi connectivity index (χ4v) is 8.69. The minimum absolute atomic E-state index is 0.0429. The molecule has 1 aromatic carbocycles. The molecule has 0 spiro atoms. The molecule has 1 aromatic rings. The first-order valence-corrected chi connectivity index (χ1v) is 16.4. The highest BCUT2D eigenvalue weighted by atomic mass is 19.2. The van der Waals surface area contributed by atoms with Crippen molar-refractivity contribution in [3.8, 4) is 5.75 Å². The largest absolute Gasteiger partial charge is 0.490 e. The van der Waals surface area contributed by atoms with Crippen LogP contribution in [-0.2, 0) is 4.74 Å². The van der Waals surface area contributed by atoms with E-state index in [9.17, 15) is 8.78 Å². The van der Waals surface area contributed by atoms with Crippen molar-refractivity contribution in [2.24, 2.45) is 35.5 Å². The highest BCUT2D eigenvalue weighted by molar-refractivity contribution is 5.33. The number of halogens is 2. The summed E-state index contributed by atoms with van der Waals surface area (Å²) in [6, 6.07) is 3.37. The lowest BCUT2D eigenvalue weighted by Gasteiger charge is -2.43. The number of ether oxygens (including phenoxy) is 2. The Morgan fingerprint density at radius 3 is 1.95 bits per heavy atom. The molecule has 2 atom stereocenters. The number of rotatable bonds is 8. The van der Waals surface area contributed by atoms with Crippen molar-refractivity contribution in [1.82, 2.24) is 0 Å². The van der Waals surface area contributed by atoms with Gasteiger partial charge in [-0.15, -0.1) is 0 Å². The Hall–Kier alpha value is -1.42. The predicted molar refractivity (Wildman–Crippen MR) is 155 cm³/mol. The average molecular weight is 543 g/mol. The molecule has 3 aliphatic carbocycles. The molecule has 1 heterocycles. The third-order valence-electron chi connectivity index (χ3n) is 11.1. The van der Waals surface area contributed by atoms with Crippen molar-refractivity contribution in [1.29, 1.82) is 0 Å². The molecule has 2 unspecified atom stereocenters. The second-order valence-corrected chi connectivity index (χ2v) is 13.3. The Morgan fingerprint density at radius 1 is 0.744 bits per heavy atom. The lowest BCUT2D eigenvalue weighted by Crippen LogP contribution is -2.37. The van der Waals surface area contributed by atoms with Crippen molar-refractivity contribution in [3.63, 3.8) is 0 Å². The van der Waals surface area contributed by atoms with Crippen LogP contribution >= 0.6 is 0 Å². The summed E-state index contributed by atoms with van der Waals surface area (Å²) in [7, 11) is 0. The van der Waals surface area contributed by atoms with Gasteiger partial charge in [0.25, 0.3) is 0 Å². The van der Waals surface area contributed by atoms with Gasteiger partial charge >= 0.3 is 0 Å². The summed E-state index contributed by atoms with van der Waals surface area (Å²) in [5.74, 6) is 3.46. The molecule has 4 aliphatic rings. The van der Waals surface area contributed by atoms with Gasteiger partial charge in [0, 0.05) is 0 Å². The Kier molecular flexibility index (Phi) is 10.4. The van der Waals surface area contributed by atoms with Crippen LogP contribution < -0.4 is 4.74 Å². The van der Waals surface area contributed by atoms with Gasteiger partial charge in [0.2, 0.25) is 5.82 Å². The fourth-order valence-electron chi connectivity index (χ4n) is 8.69. The van der Waals surface area contributed by atoms with E-state index < -0.39 is 11.6 Å². The van der Waals surface area contributed by atoms with E-state index in [0.29, 0.717) is 30.1 Å². The highest BCUT2D eigenvalue weighted by Gasteiger charge is 2.37. The minimum Gasteiger partial charge on any atom is -0.490 e. The maximum atomic E-state index is 14.8. The molecule has 0 bridgehead atoms. The van der Waals surface area contributed by atoms with Crippen LogP contribution in [0.2, 0.25) is 0 Å². The van der Waals surface area contributed by atoms with E-state index in [1.165, 1.54) is 64.2 Å². The number of hydrogen-bond donors (Lipinski definition) is 0. The predicted octanol–water partition coefficient (Wildman–Crippen LogP) is 10.0. The normalized spacial score (nSPS) is 36.2. The molecule has 0 aromatic heterocycles. The molecule has 1 aliphatic heterocycles. The van der Waals surface area contributed by atoms with Gasteiger partial charge in [-0.2, -0.15) is 4.39 Å². The van der Waals surface area contributed by atoms with E-state index >= 15 is 0 Å². The van der Waals surface area contributed by atoms with Crippen molar-refractivity contribution in [2.45, 2.75) is 122 Å². The van der Waals surface area contributed by atoms with Gasteiger partial charge in [-0.05, 0) is 156 Å². The van der Waals surface area contributed by atoms with Crippen LogP contribution in [0.5, 0.6) is 5.75 Å². The lowest BCUT2D eigenvalue weighted by atomic mass is 9.67. The van der Waals surface area contributed by atoms with Crippen LogP contribution in [0.25, 0.3) is 0 Å². The minimum atomic E-state index is -0.819. The van der Waals surface area contributed by atoms with Gasteiger partial charge in [-0.25, -0.2) is 4.39 Å². The smallest absolute Gasteiger partial charge is 0.200 e. The van der Waals surface area contributed by atoms with E-state index in [2.05, 4.69) is 19.1 Å². The topological polar surface area (TPSA) is 18.5 Å². The second-order valence-electron chi connectivity index (χ2n) is 13.3. The third-order valence-corrected chi connectivity index (χ3v) is 11.1. The van der Waals surface area contributed by atoms with Crippen molar-refractivity contribution in [3.05, 3.63) is 41.5 Å². The molecule has 0 radical (unpaired) electrons. The molecule has 2 nitrogen and oxygen atoms in total. The van der Waals surface area contributed by atoms with Gasteiger partial charge < -0.3 is 9.47 Å². The molecule has 218 valence electrons. The van der Waals surface area contributed by atoms with Gasteiger partial charge in [-0.3, -0.25) is 0 Å². The fraction of sp³-hybridized carbons (Fsp3) is 0.771. The standard InChI is InChI=1S/C35H52F2O2/c1-3-5-24-6-8-25(9-7-24)26-12-16-29(17-13-26)32-20-18-30(23-39-32)27-10-14-28(15-11-27)31-19-21-33(38-22-4-2)35(37)34(31)36/h3,5,19,21,24-30,32H,4,6-18,20,22-23H2,1-2H3/b5-3+. The van der Waals surface area contributed by atoms with Crippen LogP contribution in [0.4, 0.5) is 8.78 Å². The van der Waals surface area contributed by atoms with E-state index in [1.807, 2.05) is 6.92 Å². The van der Waals surface area contributed by atoms with Gasteiger partial charge in [0.15, 0.2) is 11.6 Å². The molecule has 0 N–H and O–H groups in total. The summed E-state index contributed by atoms with van der Waals surface area (Å²) in [6.45, 7) is 5.43. The second kappa shape index (κ2) is 14.0. The Labute approximate surface area is 236 Å². The summed E-state index contributed by atoms with van der Waals surface area (Å²) in [6.07, 6.45) is 23.7. The van der Waals surface area contributed by atoms with Crippen LogP contribution in [0.3, 0.4) is 0 Å². The van der Waals surface area contributed by atoms with E-state index in [4.69, 9.17) is 9.47 Å². The Balaban J connectivity index is 1.03.